The Morgan fingerprint density at radius 3 is 2.44 bits per heavy atom. The summed E-state index contributed by atoms with van der Waals surface area (Å²) in [4.78, 5) is 25.0. The van der Waals surface area contributed by atoms with Gasteiger partial charge in [0.2, 0.25) is 0 Å². The lowest BCUT2D eigenvalue weighted by Crippen LogP contribution is -2.42. The number of carbonyl (C=O) groups excluding carboxylic acids is 1. The summed E-state index contributed by atoms with van der Waals surface area (Å²) in [5.74, 6) is -0.715. The Bertz CT molecular complexity index is 591. The van der Waals surface area contributed by atoms with Crippen molar-refractivity contribution < 1.29 is 19.4 Å². The van der Waals surface area contributed by atoms with E-state index in [0.717, 1.165) is 18.7 Å². The lowest BCUT2D eigenvalue weighted by Gasteiger charge is -2.22. The number of guanidine groups is 1. The van der Waals surface area contributed by atoms with Crippen molar-refractivity contribution in [3.05, 3.63) is 35.9 Å². The molecular formula is C19H30N4O4. The first-order valence-electron chi connectivity index (χ1n) is 9.25. The van der Waals surface area contributed by atoms with E-state index in [-0.39, 0.29) is 6.61 Å². The highest BCUT2D eigenvalue weighted by Crippen LogP contribution is 2.04. The summed E-state index contributed by atoms with van der Waals surface area (Å²) in [6, 6.07) is 8.20. The predicted molar refractivity (Wildman–Crippen MR) is 104 cm³/mol. The monoisotopic (exact) mass is 378 g/mol. The Morgan fingerprint density at radius 2 is 1.85 bits per heavy atom. The van der Waals surface area contributed by atoms with Crippen molar-refractivity contribution in [3.63, 3.8) is 0 Å². The van der Waals surface area contributed by atoms with E-state index in [9.17, 15) is 14.7 Å². The molecule has 0 aliphatic heterocycles. The average molecular weight is 378 g/mol. The maximum atomic E-state index is 11.8. The van der Waals surface area contributed by atoms with Crippen molar-refractivity contribution in [1.29, 1.82) is 5.41 Å². The minimum Gasteiger partial charge on any atom is -0.480 e. The summed E-state index contributed by atoms with van der Waals surface area (Å²) in [5, 5.41) is 22.6. The maximum absolute atomic E-state index is 11.8. The third-order valence-corrected chi connectivity index (χ3v) is 4.09. The zero-order valence-electron chi connectivity index (χ0n) is 16.0. The Kier molecular flexibility index (Phi) is 10.4. The highest BCUT2D eigenvalue weighted by atomic mass is 16.5. The molecular weight excluding hydrogens is 348 g/mol. The first kappa shape index (κ1) is 22.3. The second-order valence-electron chi connectivity index (χ2n) is 6.04. The van der Waals surface area contributed by atoms with E-state index in [0.29, 0.717) is 31.8 Å². The number of carboxylic acid groups (broad SMARTS) is 1. The molecule has 150 valence electrons. The van der Waals surface area contributed by atoms with Gasteiger partial charge in [0.1, 0.15) is 12.6 Å². The van der Waals surface area contributed by atoms with E-state index in [1.165, 1.54) is 0 Å². The number of carboxylic acids is 1. The third-order valence-electron chi connectivity index (χ3n) is 4.09. The molecule has 1 rings (SSSR count). The minimum atomic E-state index is -1.09. The van der Waals surface area contributed by atoms with Crippen molar-refractivity contribution >= 4 is 18.0 Å². The van der Waals surface area contributed by atoms with Gasteiger partial charge in [0.25, 0.3) is 0 Å². The van der Waals surface area contributed by atoms with Gasteiger partial charge in [0.05, 0.1) is 0 Å². The quantitative estimate of drug-likeness (QED) is 0.267. The highest BCUT2D eigenvalue weighted by Gasteiger charge is 2.20. The fourth-order valence-corrected chi connectivity index (χ4v) is 2.50. The molecule has 27 heavy (non-hydrogen) atoms. The van der Waals surface area contributed by atoms with E-state index >= 15 is 0 Å². The van der Waals surface area contributed by atoms with Crippen LogP contribution in [-0.4, -0.2) is 53.7 Å². The number of aliphatic carboxylic acids is 1. The molecule has 1 aromatic rings. The summed E-state index contributed by atoms with van der Waals surface area (Å²) in [5.41, 5.74) is 0.834. The van der Waals surface area contributed by atoms with Gasteiger partial charge in [-0.1, -0.05) is 30.3 Å². The Hall–Kier alpha value is -2.77. The molecule has 1 amide bonds. The molecule has 0 bridgehead atoms. The molecule has 0 heterocycles. The molecule has 1 aromatic carbocycles. The number of hydrogen-bond donors (Lipinski definition) is 4. The summed E-state index contributed by atoms with van der Waals surface area (Å²) in [6.07, 6.45) is 0.867. The number of rotatable bonds is 11. The van der Waals surface area contributed by atoms with Crippen LogP contribution >= 0.6 is 0 Å². The molecule has 0 unspecified atom stereocenters. The van der Waals surface area contributed by atoms with Crippen molar-refractivity contribution in [2.75, 3.05) is 19.6 Å². The predicted octanol–water partition coefficient (Wildman–Crippen LogP) is 2.40. The standard InChI is InChI=1S/C19H30N4O4/c1-3-23(4-2)18(20)21-13-9-8-12-16(17(24)25)22-19(26)27-14-15-10-6-5-7-11-15/h5-7,10-11,16H,3-4,8-9,12-14H2,1-2H3,(H2,20,21)(H,22,26)(H,24,25)/t16-/m1/s1. The van der Waals surface area contributed by atoms with Crippen LogP contribution in [0.3, 0.4) is 0 Å². The van der Waals surface area contributed by atoms with Crippen molar-refractivity contribution in [3.8, 4) is 0 Å². The smallest absolute Gasteiger partial charge is 0.408 e. The zero-order chi connectivity index (χ0) is 20.1. The molecule has 8 nitrogen and oxygen atoms in total. The summed E-state index contributed by atoms with van der Waals surface area (Å²) < 4.78 is 5.06. The SMILES string of the molecule is CCN(CC)C(=N)NCCCC[C@@H](NC(=O)OCc1ccccc1)C(=O)O. The van der Waals surface area contributed by atoms with Crippen molar-refractivity contribution in [2.24, 2.45) is 0 Å². The van der Waals surface area contributed by atoms with Crippen LogP contribution in [0.4, 0.5) is 4.79 Å². The van der Waals surface area contributed by atoms with Crippen LogP contribution in [0.1, 0.15) is 38.7 Å². The van der Waals surface area contributed by atoms with Crippen molar-refractivity contribution in [2.45, 2.75) is 45.8 Å². The van der Waals surface area contributed by atoms with Crippen LogP contribution in [-0.2, 0) is 16.1 Å². The molecule has 1 atom stereocenters. The molecule has 0 aromatic heterocycles. The number of nitrogens with one attached hydrogen (secondary N) is 3. The van der Waals surface area contributed by atoms with Crippen LogP contribution in [0.5, 0.6) is 0 Å². The normalized spacial score (nSPS) is 11.3. The van der Waals surface area contributed by atoms with Gasteiger partial charge in [0.15, 0.2) is 5.96 Å². The Morgan fingerprint density at radius 1 is 1.19 bits per heavy atom. The maximum Gasteiger partial charge on any atom is 0.408 e. The van der Waals surface area contributed by atoms with Gasteiger partial charge < -0.3 is 25.4 Å². The first-order chi connectivity index (χ1) is 13.0. The molecule has 4 N–H and O–H groups in total. The number of alkyl carbamates (subject to hydrolysis) is 1. The summed E-state index contributed by atoms with van der Waals surface area (Å²) in [6.45, 7) is 6.17. The van der Waals surface area contributed by atoms with Gasteiger partial charge >= 0.3 is 12.1 Å². The van der Waals surface area contributed by atoms with Gasteiger partial charge in [-0.2, -0.15) is 0 Å². The molecule has 8 heteroatoms. The average Bonchev–Trinajstić information content (AvgIpc) is 2.66. The molecule has 0 radical (unpaired) electrons. The fraction of sp³-hybridized carbons (Fsp3) is 0.526. The Balaban J connectivity index is 2.28. The van der Waals surface area contributed by atoms with Crippen LogP contribution in [0.15, 0.2) is 30.3 Å². The molecule has 0 saturated heterocycles. The molecule has 0 fully saturated rings. The number of hydrogen-bond acceptors (Lipinski definition) is 4. The lowest BCUT2D eigenvalue weighted by molar-refractivity contribution is -0.139. The molecule has 0 spiro atoms. The number of amides is 1. The van der Waals surface area contributed by atoms with Crippen LogP contribution in [0, 0.1) is 5.41 Å². The number of unbranched alkanes of at least 4 members (excludes halogenated alkanes) is 1. The highest BCUT2D eigenvalue weighted by molar-refractivity contribution is 5.79. The molecule has 0 saturated carbocycles. The largest absolute Gasteiger partial charge is 0.480 e. The first-order valence-corrected chi connectivity index (χ1v) is 9.25. The number of nitrogens with zero attached hydrogens (tertiary/aromatic N) is 1. The van der Waals surface area contributed by atoms with Gasteiger partial charge in [-0.3, -0.25) is 5.41 Å². The van der Waals surface area contributed by atoms with E-state index < -0.39 is 18.1 Å². The van der Waals surface area contributed by atoms with Crippen LogP contribution < -0.4 is 10.6 Å². The van der Waals surface area contributed by atoms with E-state index in [1.54, 1.807) is 0 Å². The second-order valence-corrected chi connectivity index (χ2v) is 6.04. The van der Waals surface area contributed by atoms with Crippen molar-refractivity contribution in [1.82, 2.24) is 15.5 Å². The van der Waals surface area contributed by atoms with Gasteiger partial charge in [-0.25, -0.2) is 9.59 Å². The number of carbonyl (C=O) groups is 2. The van der Waals surface area contributed by atoms with Crippen LogP contribution in [0.2, 0.25) is 0 Å². The second kappa shape index (κ2) is 12.6. The summed E-state index contributed by atoms with van der Waals surface area (Å²) >= 11 is 0. The molecule has 0 aliphatic rings. The van der Waals surface area contributed by atoms with E-state index in [4.69, 9.17) is 10.1 Å². The third kappa shape index (κ3) is 8.94. The topological polar surface area (TPSA) is 115 Å². The van der Waals surface area contributed by atoms with E-state index in [1.807, 2.05) is 49.1 Å². The van der Waals surface area contributed by atoms with Gasteiger partial charge in [-0.15, -0.1) is 0 Å². The fourth-order valence-electron chi connectivity index (χ4n) is 2.50. The number of ether oxygens (including phenoxy) is 1. The molecule has 0 aliphatic carbocycles. The van der Waals surface area contributed by atoms with E-state index in [2.05, 4.69) is 10.6 Å². The lowest BCUT2D eigenvalue weighted by atomic mass is 10.1. The minimum absolute atomic E-state index is 0.0937. The number of benzene rings is 1. The Labute approximate surface area is 160 Å². The van der Waals surface area contributed by atoms with Crippen LogP contribution in [0.25, 0.3) is 0 Å². The van der Waals surface area contributed by atoms with Gasteiger partial charge in [-0.05, 0) is 38.7 Å². The zero-order valence-corrected chi connectivity index (χ0v) is 16.0. The summed E-state index contributed by atoms with van der Waals surface area (Å²) in [7, 11) is 0. The van der Waals surface area contributed by atoms with Gasteiger partial charge in [0, 0.05) is 19.6 Å².